The van der Waals surface area contributed by atoms with Crippen LogP contribution in [0.4, 0.5) is 5.82 Å². The van der Waals surface area contributed by atoms with E-state index in [1.165, 1.54) is 74.2 Å². The zero-order valence-corrected chi connectivity index (χ0v) is 18.8. The lowest BCUT2D eigenvalue weighted by atomic mass is 9.87. The van der Waals surface area contributed by atoms with Crippen LogP contribution in [0.5, 0.6) is 0 Å². The molecule has 2 aliphatic rings. The number of likely N-dealkylation sites (tertiary alicyclic amines) is 1. The Balaban J connectivity index is 1.42. The lowest BCUT2D eigenvalue weighted by Gasteiger charge is -2.34. The minimum absolute atomic E-state index is 0.212. The number of pyridine rings is 3. The molecule has 0 spiro atoms. The van der Waals surface area contributed by atoms with Crippen molar-refractivity contribution in [3.8, 4) is 0 Å². The molecule has 2 fully saturated rings. The average Bonchev–Trinajstić information content (AvgIpc) is 3.32. The smallest absolute Gasteiger partial charge is 0.132 e. The van der Waals surface area contributed by atoms with E-state index in [1.54, 1.807) is 0 Å². The first-order chi connectivity index (χ1) is 15.9. The zero-order chi connectivity index (χ0) is 21.6. The molecule has 5 nitrogen and oxygen atoms in total. The molecule has 0 aliphatic carbocycles. The van der Waals surface area contributed by atoms with Gasteiger partial charge in [-0.05, 0) is 80.1 Å². The molecule has 0 aromatic carbocycles. The maximum absolute atomic E-state index is 4.92. The molecule has 0 bridgehead atoms. The number of aromatic nitrogens is 3. The number of rotatable bonds is 7. The standard InChI is InChI=1S/C27H33N5/c1-2-15-31(16-3-1)21-25-11-7-17-32(25)27-22(8-6-14-30-27)18-26(23-9-4-12-28-19-23)24-10-5-13-29-20-24/h4-6,8-10,12-14,19-20,25-26H,1-3,7,11,15-18,21H2. The molecular weight excluding hydrogens is 394 g/mol. The summed E-state index contributed by atoms with van der Waals surface area (Å²) >= 11 is 0. The maximum Gasteiger partial charge on any atom is 0.132 e. The number of piperidine rings is 1. The molecule has 5 heterocycles. The Kier molecular flexibility index (Phi) is 6.73. The van der Waals surface area contributed by atoms with Gasteiger partial charge in [0.2, 0.25) is 0 Å². The van der Waals surface area contributed by atoms with E-state index in [0.717, 1.165) is 13.0 Å². The molecule has 5 heteroatoms. The SMILES string of the molecule is c1cncc(C(Cc2cccnc2N2CCCC2CN2CCCCC2)c2cccnc2)c1. The van der Waals surface area contributed by atoms with Crippen LogP contribution in [0.3, 0.4) is 0 Å². The highest BCUT2D eigenvalue weighted by Crippen LogP contribution is 2.33. The van der Waals surface area contributed by atoms with Crippen LogP contribution in [-0.4, -0.2) is 52.1 Å². The number of hydrogen-bond donors (Lipinski definition) is 0. The molecule has 1 unspecified atom stereocenters. The molecule has 1 atom stereocenters. The molecule has 2 saturated heterocycles. The molecule has 32 heavy (non-hydrogen) atoms. The van der Waals surface area contributed by atoms with E-state index in [9.17, 15) is 0 Å². The lowest BCUT2D eigenvalue weighted by molar-refractivity contribution is 0.216. The van der Waals surface area contributed by atoms with Gasteiger partial charge in [-0.15, -0.1) is 0 Å². The summed E-state index contributed by atoms with van der Waals surface area (Å²) in [6.45, 7) is 4.78. The van der Waals surface area contributed by atoms with Crippen LogP contribution in [-0.2, 0) is 6.42 Å². The normalized spacial score (nSPS) is 19.5. The van der Waals surface area contributed by atoms with E-state index in [-0.39, 0.29) is 5.92 Å². The summed E-state index contributed by atoms with van der Waals surface area (Å²) in [5.41, 5.74) is 3.76. The Morgan fingerprint density at radius 1 is 0.812 bits per heavy atom. The van der Waals surface area contributed by atoms with E-state index >= 15 is 0 Å². The van der Waals surface area contributed by atoms with Gasteiger partial charge in [0.15, 0.2) is 0 Å². The van der Waals surface area contributed by atoms with Gasteiger partial charge in [-0.2, -0.15) is 0 Å². The van der Waals surface area contributed by atoms with Gasteiger partial charge in [0.05, 0.1) is 0 Å². The molecule has 0 amide bonds. The first-order valence-electron chi connectivity index (χ1n) is 12.1. The van der Waals surface area contributed by atoms with Crippen molar-refractivity contribution < 1.29 is 0 Å². The summed E-state index contributed by atoms with van der Waals surface area (Å²) < 4.78 is 0. The van der Waals surface area contributed by atoms with Crippen LogP contribution < -0.4 is 4.90 Å². The van der Waals surface area contributed by atoms with Gasteiger partial charge in [0, 0.05) is 56.0 Å². The van der Waals surface area contributed by atoms with Gasteiger partial charge >= 0.3 is 0 Å². The molecule has 5 rings (SSSR count). The lowest BCUT2D eigenvalue weighted by Crippen LogP contribution is -2.43. The fraction of sp³-hybridized carbons (Fsp3) is 0.444. The van der Waals surface area contributed by atoms with Gasteiger partial charge in [-0.25, -0.2) is 4.98 Å². The summed E-state index contributed by atoms with van der Waals surface area (Å²) in [6, 6.07) is 13.3. The van der Waals surface area contributed by atoms with Crippen LogP contribution in [0.1, 0.15) is 54.7 Å². The molecule has 3 aromatic heterocycles. The summed E-state index contributed by atoms with van der Waals surface area (Å²) in [5.74, 6) is 1.38. The van der Waals surface area contributed by atoms with Crippen LogP contribution in [0.15, 0.2) is 67.4 Å². The second kappa shape index (κ2) is 10.2. The monoisotopic (exact) mass is 427 g/mol. The van der Waals surface area contributed by atoms with Crippen molar-refractivity contribution in [1.82, 2.24) is 19.9 Å². The van der Waals surface area contributed by atoms with Gasteiger partial charge in [0.25, 0.3) is 0 Å². The average molecular weight is 428 g/mol. The van der Waals surface area contributed by atoms with Crippen molar-refractivity contribution >= 4 is 5.82 Å². The van der Waals surface area contributed by atoms with Gasteiger partial charge in [0.1, 0.15) is 5.82 Å². The van der Waals surface area contributed by atoms with Crippen molar-refractivity contribution in [3.63, 3.8) is 0 Å². The predicted molar refractivity (Wildman–Crippen MR) is 129 cm³/mol. The first kappa shape index (κ1) is 21.1. The van der Waals surface area contributed by atoms with Crippen molar-refractivity contribution in [2.24, 2.45) is 0 Å². The Hall–Kier alpha value is -2.79. The van der Waals surface area contributed by atoms with Crippen LogP contribution in [0.25, 0.3) is 0 Å². The van der Waals surface area contributed by atoms with Crippen molar-refractivity contribution in [1.29, 1.82) is 0 Å². The molecule has 3 aromatic rings. The summed E-state index contributed by atoms with van der Waals surface area (Å²) in [4.78, 5) is 19.0. The Labute approximate surface area is 191 Å². The zero-order valence-electron chi connectivity index (χ0n) is 18.8. The highest BCUT2D eigenvalue weighted by molar-refractivity contribution is 5.50. The number of anilines is 1. The van der Waals surface area contributed by atoms with Gasteiger partial charge in [-0.1, -0.05) is 24.6 Å². The molecule has 0 N–H and O–H groups in total. The van der Waals surface area contributed by atoms with Crippen molar-refractivity contribution in [2.75, 3.05) is 31.1 Å². The van der Waals surface area contributed by atoms with Crippen LogP contribution in [0, 0.1) is 0 Å². The summed E-state index contributed by atoms with van der Waals surface area (Å²) in [7, 11) is 0. The van der Waals surface area contributed by atoms with E-state index in [4.69, 9.17) is 4.98 Å². The van der Waals surface area contributed by atoms with Crippen molar-refractivity contribution in [2.45, 2.75) is 50.5 Å². The highest BCUT2D eigenvalue weighted by Gasteiger charge is 2.30. The fourth-order valence-corrected chi connectivity index (χ4v) is 5.40. The number of nitrogens with zero attached hydrogens (tertiary/aromatic N) is 5. The Morgan fingerprint density at radius 3 is 2.22 bits per heavy atom. The van der Waals surface area contributed by atoms with Crippen LogP contribution in [0.2, 0.25) is 0 Å². The first-order valence-corrected chi connectivity index (χ1v) is 12.1. The molecule has 2 aliphatic heterocycles. The topological polar surface area (TPSA) is 45.2 Å². The minimum Gasteiger partial charge on any atom is -0.352 e. The van der Waals surface area contributed by atoms with Gasteiger partial charge < -0.3 is 9.80 Å². The van der Waals surface area contributed by atoms with E-state index in [1.807, 2.05) is 43.1 Å². The third-order valence-electron chi connectivity index (χ3n) is 7.03. The molecule has 0 radical (unpaired) electrons. The van der Waals surface area contributed by atoms with Gasteiger partial charge in [-0.3, -0.25) is 9.97 Å². The van der Waals surface area contributed by atoms with Crippen LogP contribution >= 0.6 is 0 Å². The fourth-order valence-electron chi connectivity index (χ4n) is 5.40. The molecule has 166 valence electrons. The van der Waals surface area contributed by atoms with E-state index < -0.39 is 0 Å². The third kappa shape index (κ3) is 4.83. The number of hydrogen-bond acceptors (Lipinski definition) is 5. The molecular formula is C27H33N5. The second-order valence-electron chi connectivity index (χ2n) is 9.17. The Morgan fingerprint density at radius 2 is 1.53 bits per heavy atom. The Bertz CT molecular complexity index is 932. The molecule has 0 saturated carbocycles. The highest BCUT2D eigenvalue weighted by atomic mass is 15.3. The predicted octanol–water partition coefficient (Wildman–Crippen LogP) is 4.70. The largest absolute Gasteiger partial charge is 0.352 e. The summed E-state index contributed by atoms with van der Waals surface area (Å²) in [6.07, 6.45) is 17.1. The maximum atomic E-state index is 4.92. The summed E-state index contributed by atoms with van der Waals surface area (Å²) in [5, 5.41) is 0. The minimum atomic E-state index is 0.212. The quantitative estimate of drug-likeness (QED) is 0.547. The van der Waals surface area contributed by atoms with Crippen molar-refractivity contribution in [3.05, 3.63) is 84.1 Å². The third-order valence-corrected chi connectivity index (χ3v) is 7.03. The van der Waals surface area contributed by atoms with E-state index in [2.05, 4.69) is 44.0 Å². The van der Waals surface area contributed by atoms with E-state index in [0.29, 0.717) is 6.04 Å². The second-order valence-corrected chi connectivity index (χ2v) is 9.17.